The van der Waals surface area contributed by atoms with Gasteiger partial charge in [-0.3, -0.25) is 4.79 Å². The van der Waals surface area contributed by atoms with Crippen molar-refractivity contribution >= 4 is 39.6 Å². The van der Waals surface area contributed by atoms with Gasteiger partial charge in [-0.1, -0.05) is 0 Å². The number of anilines is 2. The third-order valence-corrected chi connectivity index (χ3v) is 4.27. The molecule has 29 heavy (non-hydrogen) atoms. The van der Waals surface area contributed by atoms with Crippen molar-refractivity contribution in [2.75, 3.05) is 24.9 Å². The summed E-state index contributed by atoms with van der Waals surface area (Å²) < 4.78 is 50.3. The van der Waals surface area contributed by atoms with Crippen molar-refractivity contribution in [2.24, 2.45) is 0 Å². The zero-order valence-corrected chi connectivity index (χ0v) is 16.1. The van der Waals surface area contributed by atoms with Gasteiger partial charge in [-0.05, 0) is 42.5 Å². The summed E-state index contributed by atoms with van der Waals surface area (Å²) in [5, 5.41) is 5.75. The zero-order chi connectivity index (χ0) is 21.2. The fourth-order valence-corrected chi connectivity index (χ4v) is 2.98. The van der Waals surface area contributed by atoms with E-state index in [0.717, 1.165) is 0 Å². The molecule has 0 fully saturated rings. The summed E-state index contributed by atoms with van der Waals surface area (Å²) in [5.41, 5.74) is -0.900. The van der Waals surface area contributed by atoms with E-state index in [0.29, 0.717) is 28.9 Å². The van der Waals surface area contributed by atoms with Crippen LogP contribution in [-0.2, 0) is 6.18 Å². The number of aromatic amines is 1. The van der Waals surface area contributed by atoms with E-state index in [1.165, 1.54) is 32.4 Å². The number of thiocarbonyl (C=S) groups is 1. The molecule has 0 amide bonds. The van der Waals surface area contributed by atoms with Crippen LogP contribution in [0.1, 0.15) is 5.56 Å². The molecule has 0 radical (unpaired) electrons. The fraction of sp³-hybridized carbons (Fsp3) is 0.158. The molecule has 3 aromatic rings. The summed E-state index contributed by atoms with van der Waals surface area (Å²) in [7, 11) is 3.01. The molecule has 1 heterocycles. The van der Waals surface area contributed by atoms with Gasteiger partial charge in [0.1, 0.15) is 11.5 Å². The first-order valence-corrected chi connectivity index (χ1v) is 8.66. The van der Waals surface area contributed by atoms with Crippen LogP contribution in [0.25, 0.3) is 10.9 Å². The number of H-pyrrole nitrogens is 1. The third-order valence-electron chi connectivity index (χ3n) is 4.06. The van der Waals surface area contributed by atoms with Crippen molar-refractivity contribution < 1.29 is 22.6 Å². The van der Waals surface area contributed by atoms with Crippen molar-refractivity contribution in [3.05, 3.63) is 58.4 Å². The van der Waals surface area contributed by atoms with Gasteiger partial charge in [0.15, 0.2) is 5.11 Å². The van der Waals surface area contributed by atoms with Crippen molar-refractivity contribution in [1.82, 2.24) is 4.98 Å². The number of aromatic nitrogens is 1. The lowest BCUT2D eigenvalue weighted by atomic mass is 10.1. The highest BCUT2D eigenvalue weighted by Gasteiger charge is 2.33. The van der Waals surface area contributed by atoms with Gasteiger partial charge >= 0.3 is 6.18 Å². The van der Waals surface area contributed by atoms with Gasteiger partial charge in [0, 0.05) is 28.7 Å². The number of pyridine rings is 1. The summed E-state index contributed by atoms with van der Waals surface area (Å²) in [6.07, 6.45) is -4.67. The minimum absolute atomic E-state index is 0.0751. The van der Waals surface area contributed by atoms with Crippen LogP contribution in [-0.4, -0.2) is 24.3 Å². The summed E-state index contributed by atoms with van der Waals surface area (Å²) in [6, 6.07) is 9.75. The average Bonchev–Trinajstić information content (AvgIpc) is 2.67. The van der Waals surface area contributed by atoms with Gasteiger partial charge in [-0.25, -0.2) is 0 Å². The summed E-state index contributed by atoms with van der Waals surface area (Å²) in [5.74, 6) is 1.07. The van der Waals surface area contributed by atoms with Crippen LogP contribution < -0.4 is 25.7 Å². The Bertz CT molecular complexity index is 1130. The molecule has 0 aliphatic carbocycles. The summed E-state index contributed by atoms with van der Waals surface area (Å²) in [6.45, 7) is 0. The number of fused-ring (bicyclic) bond motifs is 1. The van der Waals surface area contributed by atoms with Crippen LogP contribution in [0.5, 0.6) is 11.5 Å². The van der Waals surface area contributed by atoms with E-state index >= 15 is 0 Å². The molecule has 10 heteroatoms. The largest absolute Gasteiger partial charge is 0.497 e. The lowest BCUT2D eigenvalue weighted by Gasteiger charge is -2.15. The van der Waals surface area contributed by atoms with Gasteiger partial charge < -0.3 is 25.1 Å². The monoisotopic (exact) mass is 423 g/mol. The Morgan fingerprint density at radius 1 is 1.03 bits per heavy atom. The number of alkyl halides is 3. The molecular formula is C19H16F3N3O3S. The Labute approximate surface area is 168 Å². The number of methoxy groups -OCH3 is 2. The predicted molar refractivity (Wildman–Crippen MR) is 109 cm³/mol. The first kappa shape index (κ1) is 20.5. The van der Waals surface area contributed by atoms with Crippen LogP contribution in [0.2, 0.25) is 0 Å². The first-order valence-electron chi connectivity index (χ1n) is 8.25. The summed E-state index contributed by atoms with van der Waals surface area (Å²) in [4.78, 5) is 13.9. The number of ether oxygens (including phenoxy) is 2. The Morgan fingerprint density at radius 3 is 2.45 bits per heavy atom. The SMILES string of the molecule is COc1ccc(NC(=S)Nc2ccc3[nH]c(=O)cc(C(F)(F)F)c3c2)c(OC)c1. The van der Waals surface area contributed by atoms with E-state index in [4.69, 9.17) is 21.7 Å². The second kappa shape index (κ2) is 8.00. The lowest BCUT2D eigenvalue weighted by Crippen LogP contribution is -2.20. The van der Waals surface area contributed by atoms with Crippen LogP contribution in [0.15, 0.2) is 47.3 Å². The second-order valence-electron chi connectivity index (χ2n) is 5.95. The maximum absolute atomic E-state index is 13.3. The Morgan fingerprint density at radius 2 is 1.79 bits per heavy atom. The van der Waals surface area contributed by atoms with Crippen LogP contribution in [0.3, 0.4) is 0 Å². The van der Waals surface area contributed by atoms with Crippen molar-refractivity contribution in [2.45, 2.75) is 6.18 Å². The highest BCUT2D eigenvalue weighted by molar-refractivity contribution is 7.80. The third kappa shape index (κ3) is 4.60. The Hall–Kier alpha value is -3.27. The van der Waals surface area contributed by atoms with E-state index in [9.17, 15) is 18.0 Å². The molecule has 0 aliphatic heterocycles. The normalized spacial score (nSPS) is 11.2. The fourth-order valence-electron chi connectivity index (χ4n) is 2.75. The molecular weight excluding hydrogens is 407 g/mol. The average molecular weight is 423 g/mol. The number of hydrogen-bond donors (Lipinski definition) is 3. The van der Waals surface area contributed by atoms with Crippen LogP contribution in [0, 0.1) is 0 Å². The number of halogens is 3. The van der Waals surface area contributed by atoms with Crippen molar-refractivity contribution in [3.8, 4) is 11.5 Å². The number of benzene rings is 2. The highest BCUT2D eigenvalue weighted by Crippen LogP contribution is 2.34. The first-order chi connectivity index (χ1) is 13.7. The van der Waals surface area contributed by atoms with E-state index in [1.807, 2.05) is 0 Å². The molecule has 1 aromatic heterocycles. The van der Waals surface area contributed by atoms with Gasteiger partial charge in [-0.2, -0.15) is 13.2 Å². The molecule has 2 aromatic carbocycles. The highest BCUT2D eigenvalue weighted by atomic mass is 32.1. The van der Waals surface area contributed by atoms with E-state index in [1.54, 1.807) is 18.2 Å². The standard InChI is InChI=1S/C19H16F3N3O3S/c1-27-11-4-6-15(16(8-11)28-2)25-18(29)23-10-3-5-14-12(7-10)13(19(20,21)22)9-17(26)24-14/h3-9H,1-2H3,(H,24,26)(H2,23,25,29). The number of rotatable bonds is 4. The van der Waals surface area contributed by atoms with E-state index in [-0.39, 0.29) is 16.0 Å². The lowest BCUT2D eigenvalue weighted by molar-refractivity contribution is -0.136. The molecule has 0 unspecified atom stereocenters. The minimum Gasteiger partial charge on any atom is -0.497 e. The zero-order valence-electron chi connectivity index (χ0n) is 15.3. The molecule has 0 aliphatic rings. The van der Waals surface area contributed by atoms with E-state index in [2.05, 4.69) is 15.6 Å². The van der Waals surface area contributed by atoms with Crippen LogP contribution >= 0.6 is 12.2 Å². The molecule has 152 valence electrons. The Balaban J connectivity index is 1.88. The molecule has 3 rings (SSSR count). The van der Waals surface area contributed by atoms with E-state index < -0.39 is 17.3 Å². The smallest absolute Gasteiger partial charge is 0.417 e. The molecule has 0 bridgehead atoms. The second-order valence-corrected chi connectivity index (χ2v) is 6.36. The Kier molecular flexibility index (Phi) is 5.64. The molecule has 0 atom stereocenters. The number of nitrogens with one attached hydrogen (secondary N) is 3. The molecule has 0 saturated carbocycles. The minimum atomic E-state index is -4.67. The van der Waals surface area contributed by atoms with Gasteiger partial charge in [-0.15, -0.1) is 0 Å². The maximum Gasteiger partial charge on any atom is 0.417 e. The van der Waals surface area contributed by atoms with Gasteiger partial charge in [0.05, 0.1) is 25.5 Å². The molecule has 0 saturated heterocycles. The maximum atomic E-state index is 13.3. The number of hydrogen-bond acceptors (Lipinski definition) is 4. The van der Waals surface area contributed by atoms with Crippen LogP contribution in [0.4, 0.5) is 24.5 Å². The molecule has 6 nitrogen and oxygen atoms in total. The predicted octanol–water partition coefficient (Wildman–Crippen LogP) is 4.37. The quantitative estimate of drug-likeness (QED) is 0.541. The van der Waals surface area contributed by atoms with Gasteiger partial charge in [0.2, 0.25) is 5.56 Å². The topological polar surface area (TPSA) is 75.4 Å². The van der Waals surface area contributed by atoms with Crippen molar-refractivity contribution in [1.29, 1.82) is 0 Å². The molecule has 0 spiro atoms. The van der Waals surface area contributed by atoms with Gasteiger partial charge in [0.25, 0.3) is 0 Å². The molecule has 3 N–H and O–H groups in total. The van der Waals surface area contributed by atoms with Crippen molar-refractivity contribution in [3.63, 3.8) is 0 Å². The summed E-state index contributed by atoms with van der Waals surface area (Å²) >= 11 is 5.25.